The van der Waals surface area contributed by atoms with E-state index in [4.69, 9.17) is 9.97 Å². The lowest BCUT2D eigenvalue weighted by atomic mass is 10.1. The van der Waals surface area contributed by atoms with Crippen LogP contribution in [-0.2, 0) is 0 Å². The summed E-state index contributed by atoms with van der Waals surface area (Å²) in [4.78, 5) is 18.3. The minimum Gasteiger partial charge on any atom is -0.234 e. The zero-order valence-corrected chi connectivity index (χ0v) is 15.6. The molecule has 0 radical (unpaired) electrons. The normalized spacial score (nSPS) is 10.8. The number of hydrogen-bond acceptors (Lipinski definition) is 4. The Labute approximate surface area is 159 Å². The lowest BCUT2D eigenvalue weighted by molar-refractivity contribution is 1.07. The average molecular weight is 352 g/mol. The molecule has 0 fully saturated rings. The fourth-order valence-corrected chi connectivity index (χ4v) is 2.80. The minimum absolute atomic E-state index is 0.530. The zero-order valence-electron chi connectivity index (χ0n) is 15.6. The monoisotopic (exact) mass is 352 g/mol. The van der Waals surface area contributed by atoms with Crippen LogP contribution in [0.5, 0.6) is 0 Å². The summed E-state index contributed by atoms with van der Waals surface area (Å²) in [7, 11) is 0. The average Bonchev–Trinajstić information content (AvgIpc) is 2.69. The van der Waals surface area contributed by atoms with Crippen LogP contribution < -0.4 is 0 Å². The zero-order chi connectivity index (χ0) is 18.8. The molecular formula is C23H20N4. The SMILES string of the molecule is Cc1ccc(-c2cc(-c3ccc(C)cc3)nc(-c3ncc(C)cn3)n2)cc1. The van der Waals surface area contributed by atoms with Gasteiger partial charge in [-0.2, -0.15) is 0 Å². The van der Waals surface area contributed by atoms with Gasteiger partial charge in [0.05, 0.1) is 11.4 Å². The smallest absolute Gasteiger partial charge is 0.198 e. The Balaban J connectivity index is 1.89. The molecule has 2 heterocycles. The highest BCUT2D eigenvalue weighted by Gasteiger charge is 2.12. The molecule has 0 unspecified atom stereocenters. The third-order valence-electron chi connectivity index (χ3n) is 4.40. The number of aromatic nitrogens is 4. The second kappa shape index (κ2) is 7.08. The Morgan fingerprint density at radius 1 is 0.519 bits per heavy atom. The molecule has 2 aromatic carbocycles. The topological polar surface area (TPSA) is 51.6 Å². The van der Waals surface area contributed by atoms with Crippen molar-refractivity contribution in [1.29, 1.82) is 0 Å². The van der Waals surface area contributed by atoms with Crippen LogP contribution in [0.25, 0.3) is 34.2 Å². The summed E-state index contributed by atoms with van der Waals surface area (Å²) >= 11 is 0. The lowest BCUT2D eigenvalue weighted by Crippen LogP contribution is -1.99. The van der Waals surface area contributed by atoms with Crippen molar-refractivity contribution in [1.82, 2.24) is 19.9 Å². The van der Waals surface area contributed by atoms with E-state index in [1.54, 1.807) is 12.4 Å². The summed E-state index contributed by atoms with van der Waals surface area (Å²) in [5, 5.41) is 0. The molecular weight excluding hydrogens is 332 g/mol. The summed E-state index contributed by atoms with van der Waals surface area (Å²) in [6.45, 7) is 6.12. The van der Waals surface area contributed by atoms with Crippen molar-refractivity contribution in [2.45, 2.75) is 20.8 Å². The van der Waals surface area contributed by atoms with Gasteiger partial charge in [0.25, 0.3) is 0 Å². The van der Waals surface area contributed by atoms with Gasteiger partial charge in [0.2, 0.25) is 0 Å². The van der Waals surface area contributed by atoms with Crippen LogP contribution in [0, 0.1) is 20.8 Å². The highest BCUT2D eigenvalue weighted by atomic mass is 15.0. The van der Waals surface area contributed by atoms with E-state index in [1.807, 2.05) is 13.0 Å². The van der Waals surface area contributed by atoms with Gasteiger partial charge in [-0.1, -0.05) is 59.7 Å². The number of hydrogen-bond donors (Lipinski definition) is 0. The van der Waals surface area contributed by atoms with E-state index in [9.17, 15) is 0 Å². The summed E-state index contributed by atoms with van der Waals surface area (Å²) in [5.41, 5.74) is 7.25. The van der Waals surface area contributed by atoms with Crippen molar-refractivity contribution < 1.29 is 0 Å². The molecule has 0 aliphatic rings. The number of nitrogens with zero attached hydrogens (tertiary/aromatic N) is 4. The summed E-state index contributed by atoms with van der Waals surface area (Å²) in [6, 6.07) is 18.7. The van der Waals surface area contributed by atoms with Crippen LogP contribution in [0.15, 0.2) is 67.0 Å². The maximum Gasteiger partial charge on any atom is 0.198 e. The molecule has 0 saturated carbocycles. The van der Waals surface area contributed by atoms with Gasteiger partial charge in [-0.15, -0.1) is 0 Å². The Bertz CT molecular complexity index is 913. The molecule has 0 amide bonds. The molecule has 0 N–H and O–H groups in total. The standard InChI is InChI=1S/C23H20N4/c1-15-4-8-18(9-5-15)20-12-21(19-10-6-16(2)7-11-19)27-23(26-20)22-24-13-17(3)14-25-22/h4-14H,1-3H3. The third kappa shape index (κ3) is 3.75. The number of rotatable bonds is 3. The van der Waals surface area contributed by atoms with Gasteiger partial charge in [0.15, 0.2) is 11.6 Å². The second-order valence-electron chi connectivity index (χ2n) is 6.78. The highest BCUT2D eigenvalue weighted by Crippen LogP contribution is 2.26. The van der Waals surface area contributed by atoms with Gasteiger partial charge in [-0.3, -0.25) is 0 Å². The van der Waals surface area contributed by atoms with E-state index < -0.39 is 0 Å². The number of benzene rings is 2. The largest absolute Gasteiger partial charge is 0.234 e. The van der Waals surface area contributed by atoms with Crippen LogP contribution in [0.2, 0.25) is 0 Å². The van der Waals surface area contributed by atoms with Crippen LogP contribution in [0.4, 0.5) is 0 Å². The van der Waals surface area contributed by atoms with Crippen molar-refractivity contribution in [2.75, 3.05) is 0 Å². The Morgan fingerprint density at radius 2 is 0.963 bits per heavy atom. The van der Waals surface area contributed by atoms with Gasteiger partial charge in [-0.25, -0.2) is 19.9 Å². The molecule has 4 heteroatoms. The lowest BCUT2D eigenvalue weighted by Gasteiger charge is -2.09. The Hall–Kier alpha value is -3.40. The van der Waals surface area contributed by atoms with Crippen molar-refractivity contribution in [3.8, 4) is 34.2 Å². The van der Waals surface area contributed by atoms with Crippen molar-refractivity contribution in [3.05, 3.63) is 83.7 Å². The summed E-state index contributed by atoms with van der Waals surface area (Å²) < 4.78 is 0. The molecule has 0 aliphatic heterocycles. The predicted molar refractivity (Wildman–Crippen MR) is 108 cm³/mol. The van der Waals surface area contributed by atoms with Gasteiger partial charge in [0.1, 0.15) is 0 Å². The van der Waals surface area contributed by atoms with E-state index in [2.05, 4.69) is 72.3 Å². The molecule has 27 heavy (non-hydrogen) atoms. The molecule has 132 valence electrons. The molecule has 0 aliphatic carbocycles. The summed E-state index contributed by atoms with van der Waals surface area (Å²) in [5.74, 6) is 1.06. The van der Waals surface area contributed by atoms with E-state index in [1.165, 1.54) is 11.1 Å². The highest BCUT2D eigenvalue weighted by molar-refractivity contribution is 5.70. The molecule has 0 bridgehead atoms. The first kappa shape index (κ1) is 17.0. The first-order valence-corrected chi connectivity index (χ1v) is 8.91. The predicted octanol–water partition coefficient (Wildman–Crippen LogP) is 5.19. The molecule has 0 saturated heterocycles. The fraction of sp³-hybridized carbons (Fsp3) is 0.130. The molecule has 0 atom stereocenters. The van der Waals surface area contributed by atoms with Crippen LogP contribution in [0.1, 0.15) is 16.7 Å². The van der Waals surface area contributed by atoms with E-state index >= 15 is 0 Å². The minimum atomic E-state index is 0.530. The number of aryl methyl sites for hydroxylation is 3. The quantitative estimate of drug-likeness (QED) is 0.509. The first-order valence-electron chi connectivity index (χ1n) is 8.91. The molecule has 0 spiro atoms. The molecule has 4 nitrogen and oxygen atoms in total. The van der Waals surface area contributed by atoms with Gasteiger partial charge in [0, 0.05) is 23.5 Å². The molecule has 4 aromatic rings. The third-order valence-corrected chi connectivity index (χ3v) is 4.40. The van der Waals surface area contributed by atoms with E-state index in [-0.39, 0.29) is 0 Å². The maximum atomic E-state index is 4.74. The van der Waals surface area contributed by atoms with E-state index in [0.29, 0.717) is 11.6 Å². The van der Waals surface area contributed by atoms with Crippen molar-refractivity contribution in [3.63, 3.8) is 0 Å². The molecule has 2 aromatic heterocycles. The van der Waals surface area contributed by atoms with Gasteiger partial charge < -0.3 is 0 Å². The molecule has 4 rings (SSSR count). The van der Waals surface area contributed by atoms with E-state index in [0.717, 1.165) is 28.1 Å². The second-order valence-corrected chi connectivity index (χ2v) is 6.78. The fourth-order valence-electron chi connectivity index (χ4n) is 2.80. The van der Waals surface area contributed by atoms with Crippen LogP contribution in [0.3, 0.4) is 0 Å². The maximum absolute atomic E-state index is 4.74. The van der Waals surface area contributed by atoms with Gasteiger partial charge >= 0.3 is 0 Å². The van der Waals surface area contributed by atoms with Crippen molar-refractivity contribution >= 4 is 0 Å². The Morgan fingerprint density at radius 3 is 1.41 bits per heavy atom. The summed E-state index contributed by atoms with van der Waals surface area (Å²) in [6.07, 6.45) is 3.57. The van der Waals surface area contributed by atoms with Crippen LogP contribution >= 0.6 is 0 Å². The first-order chi connectivity index (χ1) is 13.1. The van der Waals surface area contributed by atoms with Gasteiger partial charge in [-0.05, 0) is 32.4 Å². The Kier molecular flexibility index (Phi) is 4.47. The van der Waals surface area contributed by atoms with Crippen molar-refractivity contribution in [2.24, 2.45) is 0 Å². The van der Waals surface area contributed by atoms with Crippen LogP contribution in [-0.4, -0.2) is 19.9 Å².